The third-order valence-electron chi connectivity index (χ3n) is 6.50. The molecule has 236 valence electrons. The van der Waals surface area contributed by atoms with E-state index in [0.29, 0.717) is 0 Å². The Morgan fingerprint density at radius 1 is 0.857 bits per heavy atom. The normalized spacial score (nSPS) is 14.2. The Balaban J connectivity index is 3.18. The minimum absolute atomic E-state index is 0.0172. The highest BCUT2D eigenvalue weighted by Gasteiger charge is 2.36. The fourth-order valence-electron chi connectivity index (χ4n) is 4.38. The lowest BCUT2D eigenvalue weighted by Crippen LogP contribution is -2.52. The number of nitrogens with two attached hydrogens (primary N) is 1. The third kappa shape index (κ3) is 13.0. The number of hydrogen-bond acceptors (Lipinski definition) is 8. The number of amides is 2. The standard InChI is InChI=1S/C31H49N3O8/c1-19(2)15-23(33-28(36)25(16-20(3)4)41-27(35)13-14-32)31(40)42-26(17-21(5)6)29(37)34(7)24(30(38)39)18-22-11-9-8-10-12-22/h8-12,19-21,23-26H,13-18,32H2,1-7H3,(H,33,36)(H,38,39)/t23-,24-,25+,26-/m0/s1. The van der Waals surface area contributed by atoms with Crippen molar-refractivity contribution in [3.63, 3.8) is 0 Å². The Hall–Kier alpha value is -3.47. The van der Waals surface area contributed by atoms with Crippen molar-refractivity contribution in [3.05, 3.63) is 35.9 Å². The van der Waals surface area contributed by atoms with Crippen molar-refractivity contribution in [2.45, 2.75) is 97.9 Å². The average molecular weight is 592 g/mol. The molecule has 0 saturated heterocycles. The van der Waals surface area contributed by atoms with Crippen LogP contribution in [0, 0.1) is 17.8 Å². The van der Waals surface area contributed by atoms with Crippen molar-refractivity contribution < 1.29 is 38.6 Å². The van der Waals surface area contributed by atoms with Crippen LogP contribution >= 0.6 is 0 Å². The van der Waals surface area contributed by atoms with Crippen LogP contribution < -0.4 is 11.1 Å². The lowest BCUT2D eigenvalue weighted by atomic mass is 10.0. The lowest BCUT2D eigenvalue weighted by molar-refractivity contribution is -0.167. The summed E-state index contributed by atoms with van der Waals surface area (Å²) in [5.41, 5.74) is 6.17. The molecule has 0 aliphatic rings. The van der Waals surface area contributed by atoms with Gasteiger partial charge in [-0.15, -0.1) is 0 Å². The zero-order chi connectivity index (χ0) is 32.0. The van der Waals surface area contributed by atoms with Gasteiger partial charge >= 0.3 is 17.9 Å². The van der Waals surface area contributed by atoms with E-state index in [1.165, 1.54) is 7.05 Å². The van der Waals surface area contributed by atoms with Crippen molar-refractivity contribution in [1.82, 2.24) is 10.2 Å². The first-order chi connectivity index (χ1) is 19.7. The number of rotatable bonds is 18. The molecule has 11 heteroatoms. The van der Waals surface area contributed by atoms with Crippen LogP contribution in [0.4, 0.5) is 0 Å². The van der Waals surface area contributed by atoms with E-state index < -0.39 is 54.0 Å². The van der Waals surface area contributed by atoms with Crippen LogP contribution in [0.1, 0.15) is 72.8 Å². The summed E-state index contributed by atoms with van der Waals surface area (Å²) in [7, 11) is 1.38. The molecule has 1 aromatic carbocycles. The van der Waals surface area contributed by atoms with Crippen LogP contribution in [-0.4, -0.2) is 77.6 Å². The van der Waals surface area contributed by atoms with Crippen LogP contribution in [0.25, 0.3) is 0 Å². The summed E-state index contributed by atoms with van der Waals surface area (Å²) in [5.74, 6) is -3.99. The van der Waals surface area contributed by atoms with Crippen molar-refractivity contribution in [2.75, 3.05) is 13.6 Å². The monoisotopic (exact) mass is 591 g/mol. The number of aliphatic carboxylic acids is 1. The maximum Gasteiger partial charge on any atom is 0.329 e. The van der Waals surface area contributed by atoms with Gasteiger partial charge in [-0.2, -0.15) is 0 Å². The molecule has 1 aromatic rings. The summed E-state index contributed by atoms with van der Waals surface area (Å²) in [6.45, 7) is 11.3. The number of carboxylic acids is 1. The molecule has 0 aliphatic heterocycles. The number of carboxylic acid groups (broad SMARTS) is 1. The van der Waals surface area contributed by atoms with Gasteiger partial charge in [-0.1, -0.05) is 71.9 Å². The molecule has 0 saturated carbocycles. The maximum atomic E-state index is 13.6. The first-order valence-electron chi connectivity index (χ1n) is 14.6. The molecule has 0 heterocycles. The molecule has 0 unspecified atom stereocenters. The fraction of sp³-hybridized carbons (Fsp3) is 0.645. The van der Waals surface area contributed by atoms with Crippen LogP contribution in [0.15, 0.2) is 30.3 Å². The summed E-state index contributed by atoms with van der Waals surface area (Å²) in [5, 5.41) is 12.6. The summed E-state index contributed by atoms with van der Waals surface area (Å²) in [4.78, 5) is 65.5. The lowest BCUT2D eigenvalue weighted by Gasteiger charge is -2.31. The molecule has 2 amide bonds. The number of nitrogens with one attached hydrogen (secondary N) is 1. The maximum absolute atomic E-state index is 13.6. The second-order valence-electron chi connectivity index (χ2n) is 11.9. The summed E-state index contributed by atoms with van der Waals surface area (Å²) in [6, 6.07) is 6.64. The molecule has 4 N–H and O–H groups in total. The largest absolute Gasteiger partial charge is 0.480 e. The molecule has 0 aliphatic carbocycles. The predicted molar refractivity (Wildman–Crippen MR) is 158 cm³/mol. The number of likely N-dealkylation sites (N-methyl/N-ethyl adjacent to an activating group) is 1. The van der Waals surface area contributed by atoms with Crippen molar-refractivity contribution >= 4 is 29.7 Å². The zero-order valence-electron chi connectivity index (χ0n) is 26.0. The van der Waals surface area contributed by atoms with E-state index >= 15 is 0 Å². The molecular weight excluding hydrogens is 542 g/mol. The molecule has 11 nitrogen and oxygen atoms in total. The molecular formula is C31H49N3O8. The van der Waals surface area contributed by atoms with E-state index in [0.717, 1.165) is 10.5 Å². The number of carbonyl (C=O) groups is 5. The smallest absolute Gasteiger partial charge is 0.329 e. The van der Waals surface area contributed by atoms with Gasteiger partial charge in [0.25, 0.3) is 11.8 Å². The van der Waals surface area contributed by atoms with E-state index in [-0.39, 0.29) is 56.4 Å². The van der Waals surface area contributed by atoms with Gasteiger partial charge < -0.3 is 30.5 Å². The van der Waals surface area contributed by atoms with Gasteiger partial charge in [-0.3, -0.25) is 14.4 Å². The molecule has 0 bridgehead atoms. The fourth-order valence-corrected chi connectivity index (χ4v) is 4.38. The number of esters is 2. The summed E-state index contributed by atoms with van der Waals surface area (Å²) >= 11 is 0. The number of nitrogens with zero attached hydrogens (tertiary/aromatic N) is 1. The second kappa shape index (κ2) is 18.1. The van der Waals surface area contributed by atoms with Gasteiger partial charge in [0.15, 0.2) is 12.2 Å². The van der Waals surface area contributed by atoms with Crippen molar-refractivity contribution in [2.24, 2.45) is 23.5 Å². The minimum Gasteiger partial charge on any atom is -0.480 e. The Kier molecular flexibility index (Phi) is 15.8. The molecule has 1 rings (SSSR count). The average Bonchev–Trinajstić information content (AvgIpc) is 2.89. The zero-order valence-corrected chi connectivity index (χ0v) is 26.0. The van der Waals surface area contributed by atoms with Gasteiger partial charge in [-0.05, 0) is 42.6 Å². The van der Waals surface area contributed by atoms with Gasteiger partial charge in [-0.25, -0.2) is 9.59 Å². The van der Waals surface area contributed by atoms with E-state index in [2.05, 4.69) is 5.32 Å². The van der Waals surface area contributed by atoms with E-state index in [1.54, 1.807) is 24.3 Å². The van der Waals surface area contributed by atoms with E-state index in [1.807, 2.05) is 47.6 Å². The van der Waals surface area contributed by atoms with Gasteiger partial charge in [0.2, 0.25) is 0 Å². The summed E-state index contributed by atoms with van der Waals surface area (Å²) in [6.07, 6.45) is -1.76. The number of benzene rings is 1. The Morgan fingerprint density at radius 3 is 1.90 bits per heavy atom. The van der Waals surface area contributed by atoms with Crippen molar-refractivity contribution in [3.8, 4) is 0 Å². The van der Waals surface area contributed by atoms with Crippen LogP contribution in [-0.2, 0) is 39.9 Å². The van der Waals surface area contributed by atoms with Crippen molar-refractivity contribution in [1.29, 1.82) is 0 Å². The number of carbonyl (C=O) groups excluding carboxylic acids is 4. The van der Waals surface area contributed by atoms with E-state index in [4.69, 9.17) is 15.2 Å². The highest BCUT2D eigenvalue weighted by Crippen LogP contribution is 2.18. The number of hydrogen-bond donors (Lipinski definition) is 3. The summed E-state index contributed by atoms with van der Waals surface area (Å²) < 4.78 is 11.1. The second-order valence-corrected chi connectivity index (χ2v) is 11.9. The molecule has 0 fully saturated rings. The highest BCUT2D eigenvalue weighted by molar-refractivity contribution is 5.91. The quantitative estimate of drug-likeness (QED) is 0.218. The first-order valence-corrected chi connectivity index (χ1v) is 14.6. The van der Waals surface area contributed by atoms with Gasteiger partial charge in [0.05, 0.1) is 6.42 Å². The Bertz CT molecular complexity index is 1030. The number of ether oxygens (including phenoxy) is 2. The molecule has 0 aromatic heterocycles. The van der Waals surface area contributed by atoms with Gasteiger partial charge in [0, 0.05) is 20.0 Å². The molecule has 42 heavy (non-hydrogen) atoms. The Morgan fingerprint density at radius 2 is 1.40 bits per heavy atom. The predicted octanol–water partition coefficient (Wildman–Crippen LogP) is 2.94. The minimum atomic E-state index is -1.26. The molecule has 0 spiro atoms. The third-order valence-corrected chi connectivity index (χ3v) is 6.50. The van der Waals surface area contributed by atoms with Crippen LogP contribution in [0.3, 0.4) is 0 Å². The van der Waals surface area contributed by atoms with E-state index in [9.17, 15) is 29.1 Å². The first kappa shape index (κ1) is 36.6. The molecule has 4 atom stereocenters. The SMILES string of the molecule is CC(C)C[C@H](NC(=O)[C@@H](CC(C)C)OC(=O)CCN)C(=O)O[C@@H](CC(C)C)C(=O)N(C)[C@@H](Cc1ccccc1)C(=O)O. The molecule has 0 radical (unpaired) electrons. The highest BCUT2D eigenvalue weighted by atomic mass is 16.6. The van der Waals surface area contributed by atoms with Crippen LogP contribution in [0.5, 0.6) is 0 Å². The Labute approximate surface area is 249 Å². The van der Waals surface area contributed by atoms with Crippen LogP contribution in [0.2, 0.25) is 0 Å². The van der Waals surface area contributed by atoms with Gasteiger partial charge in [0.1, 0.15) is 12.1 Å². The topological polar surface area (TPSA) is 165 Å².